The summed E-state index contributed by atoms with van der Waals surface area (Å²) in [5.41, 5.74) is 6.44. The summed E-state index contributed by atoms with van der Waals surface area (Å²) in [5.74, 6) is 0. The molecule has 0 fully saturated rings. The third-order valence-corrected chi connectivity index (χ3v) is 6.11. The van der Waals surface area contributed by atoms with Crippen molar-refractivity contribution in [3.63, 3.8) is 0 Å². The van der Waals surface area contributed by atoms with Crippen molar-refractivity contribution in [2.45, 2.75) is 26.9 Å². The zero-order valence-electron chi connectivity index (χ0n) is 20.3. The average molecular weight is 409 g/mol. The van der Waals surface area contributed by atoms with Crippen molar-refractivity contribution in [1.29, 1.82) is 0 Å². The largest absolute Gasteiger partial charge is 0.435 e. The van der Waals surface area contributed by atoms with E-state index >= 15 is 0 Å². The number of benzene rings is 3. The first-order chi connectivity index (χ1) is 16.3. The van der Waals surface area contributed by atoms with E-state index in [1.807, 2.05) is 30.3 Å². The average Bonchev–Trinajstić information content (AvgIpc) is 3.33. The van der Waals surface area contributed by atoms with Crippen molar-refractivity contribution in [2.24, 2.45) is 0 Å². The van der Waals surface area contributed by atoms with Crippen LogP contribution in [-0.4, -0.2) is 11.1 Å². The van der Waals surface area contributed by atoms with E-state index in [9.17, 15) is 0 Å². The first kappa shape index (κ1) is 15.1. The van der Waals surface area contributed by atoms with Crippen LogP contribution in [0.15, 0.2) is 83.3 Å². The summed E-state index contributed by atoms with van der Waals surface area (Å²) in [4.78, 5) is 8.97. The zero-order chi connectivity index (χ0) is 23.6. The minimum absolute atomic E-state index is 0.0109. The Bertz CT molecular complexity index is 1540. The normalized spacial score (nSPS) is 17.6. The second-order valence-corrected chi connectivity index (χ2v) is 7.96. The summed E-state index contributed by atoms with van der Waals surface area (Å²) in [6.45, 7) is 1.97. The first-order valence-electron chi connectivity index (χ1n) is 11.9. The minimum atomic E-state index is -2.29. The molecule has 1 unspecified atom stereocenters. The summed E-state index contributed by atoms with van der Waals surface area (Å²) in [5, 5.41) is 1.73. The molecule has 2 aromatic heterocycles. The molecule has 1 aliphatic rings. The van der Waals surface area contributed by atoms with E-state index in [0.29, 0.717) is 11.3 Å². The van der Waals surface area contributed by atoms with E-state index in [-0.39, 0.29) is 11.9 Å². The lowest BCUT2D eigenvalue weighted by Crippen LogP contribution is -2.35. The van der Waals surface area contributed by atoms with Gasteiger partial charge in [-0.1, -0.05) is 42.5 Å². The SMILES string of the molecule is [2H]C([2H])([2H])c1ccc2c(n1)oc1c(N3c4ccccc4N(c4ccccc4)C3C)c(C)ccc12. The number of hydrogen-bond acceptors (Lipinski definition) is 4. The van der Waals surface area contributed by atoms with Crippen LogP contribution in [0.3, 0.4) is 0 Å². The highest BCUT2D eigenvalue weighted by atomic mass is 16.3. The zero-order valence-corrected chi connectivity index (χ0v) is 17.3. The van der Waals surface area contributed by atoms with Crippen LogP contribution in [0.4, 0.5) is 22.7 Å². The van der Waals surface area contributed by atoms with Gasteiger partial charge >= 0.3 is 0 Å². The molecule has 4 heteroatoms. The Kier molecular flexibility index (Phi) is 3.21. The predicted molar refractivity (Wildman–Crippen MR) is 128 cm³/mol. The summed E-state index contributed by atoms with van der Waals surface area (Å²) < 4.78 is 29.5. The molecule has 0 saturated carbocycles. The quantitative estimate of drug-likeness (QED) is 0.308. The van der Waals surface area contributed by atoms with Crippen molar-refractivity contribution in [2.75, 3.05) is 9.80 Å². The summed E-state index contributed by atoms with van der Waals surface area (Å²) in [6.07, 6.45) is -0.0109. The number of nitrogens with zero attached hydrogens (tertiary/aromatic N) is 3. The molecule has 0 amide bonds. The number of aryl methyl sites for hydroxylation is 2. The Labute approximate surface area is 185 Å². The number of rotatable bonds is 2. The number of fused-ring (bicyclic) bond motifs is 4. The fourth-order valence-corrected chi connectivity index (χ4v) is 4.74. The fourth-order valence-electron chi connectivity index (χ4n) is 4.74. The van der Waals surface area contributed by atoms with E-state index in [1.54, 1.807) is 12.1 Å². The summed E-state index contributed by atoms with van der Waals surface area (Å²) in [7, 11) is 0. The second-order valence-electron chi connectivity index (χ2n) is 7.96. The van der Waals surface area contributed by atoms with Crippen LogP contribution < -0.4 is 9.80 Å². The van der Waals surface area contributed by atoms with Crippen LogP contribution in [0, 0.1) is 13.8 Å². The molecular formula is C27H23N3O. The van der Waals surface area contributed by atoms with Gasteiger partial charge < -0.3 is 14.2 Å². The van der Waals surface area contributed by atoms with Gasteiger partial charge in [0.05, 0.1) is 17.1 Å². The lowest BCUT2D eigenvalue weighted by Gasteiger charge is -2.31. The van der Waals surface area contributed by atoms with Gasteiger partial charge in [0.1, 0.15) is 6.17 Å². The molecule has 5 aromatic rings. The number of hydrogen-bond donors (Lipinski definition) is 0. The number of furan rings is 1. The molecule has 0 bridgehead atoms. The van der Waals surface area contributed by atoms with Crippen molar-refractivity contribution >= 4 is 44.8 Å². The van der Waals surface area contributed by atoms with Crippen LogP contribution in [-0.2, 0) is 0 Å². The Hall–Kier alpha value is -3.79. The van der Waals surface area contributed by atoms with Gasteiger partial charge in [0.2, 0.25) is 5.71 Å². The summed E-state index contributed by atoms with van der Waals surface area (Å²) in [6, 6.07) is 26.2. The fraction of sp³-hybridized carbons (Fsp3) is 0.148. The van der Waals surface area contributed by atoms with Gasteiger partial charge in [-0.05, 0) is 62.7 Å². The van der Waals surface area contributed by atoms with Gasteiger partial charge in [-0.25, -0.2) is 4.98 Å². The van der Waals surface area contributed by atoms with E-state index < -0.39 is 6.85 Å². The number of para-hydroxylation sites is 3. The molecule has 0 radical (unpaired) electrons. The van der Waals surface area contributed by atoms with Crippen LogP contribution >= 0.6 is 0 Å². The molecule has 6 rings (SSSR count). The molecular weight excluding hydrogens is 382 g/mol. The van der Waals surface area contributed by atoms with E-state index in [4.69, 9.17) is 8.53 Å². The highest BCUT2D eigenvalue weighted by Gasteiger charge is 2.36. The maximum absolute atomic E-state index is 7.72. The Morgan fingerprint density at radius 1 is 0.839 bits per heavy atom. The van der Waals surface area contributed by atoms with Gasteiger partial charge in [-0.2, -0.15) is 0 Å². The number of anilines is 4. The topological polar surface area (TPSA) is 32.5 Å². The van der Waals surface area contributed by atoms with Gasteiger partial charge in [0.25, 0.3) is 0 Å². The van der Waals surface area contributed by atoms with Crippen molar-refractivity contribution < 1.29 is 8.53 Å². The van der Waals surface area contributed by atoms with Crippen molar-refractivity contribution in [3.8, 4) is 0 Å². The van der Waals surface area contributed by atoms with E-state index in [0.717, 1.165) is 39.1 Å². The summed E-state index contributed by atoms with van der Waals surface area (Å²) >= 11 is 0. The Morgan fingerprint density at radius 3 is 2.32 bits per heavy atom. The predicted octanol–water partition coefficient (Wildman–Crippen LogP) is 7.23. The molecule has 31 heavy (non-hydrogen) atoms. The number of aromatic nitrogens is 1. The van der Waals surface area contributed by atoms with Crippen LogP contribution in [0.5, 0.6) is 0 Å². The van der Waals surface area contributed by atoms with Crippen LogP contribution in [0.2, 0.25) is 0 Å². The lowest BCUT2D eigenvalue weighted by molar-refractivity contribution is 0.648. The Balaban J connectivity index is 1.59. The monoisotopic (exact) mass is 408 g/mol. The standard InChI is InChI=1S/C27H23N3O/c1-17-13-15-21-22-16-14-18(2)28-27(22)31-26(21)25(17)30-19(3)29(20-9-5-4-6-10-20)23-11-7-8-12-24(23)30/h4-16,19H,1-3H3/i2D3. The van der Waals surface area contributed by atoms with Crippen LogP contribution in [0.1, 0.15) is 22.3 Å². The third kappa shape index (κ3) is 2.58. The maximum atomic E-state index is 7.72. The second kappa shape index (κ2) is 6.61. The molecule has 0 saturated heterocycles. The molecule has 0 aliphatic carbocycles. The maximum Gasteiger partial charge on any atom is 0.227 e. The molecule has 1 atom stereocenters. The van der Waals surface area contributed by atoms with Gasteiger partial charge in [0, 0.05) is 26.3 Å². The van der Waals surface area contributed by atoms with Crippen molar-refractivity contribution in [3.05, 3.63) is 90.1 Å². The molecule has 3 aromatic carbocycles. The van der Waals surface area contributed by atoms with Crippen molar-refractivity contribution in [1.82, 2.24) is 4.98 Å². The third-order valence-electron chi connectivity index (χ3n) is 6.11. The van der Waals surface area contributed by atoms with Crippen LogP contribution in [0.25, 0.3) is 22.1 Å². The van der Waals surface area contributed by atoms with E-state index in [2.05, 4.69) is 65.0 Å². The smallest absolute Gasteiger partial charge is 0.227 e. The highest BCUT2D eigenvalue weighted by molar-refractivity contribution is 6.10. The molecule has 3 heterocycles. The molecule has 0 N–H and O–H groups in total. The van der Waals surface area contributed by atoms with Gasteiger partial charge in [-0.3, -0.25) is 0 Å². The minimum Gasteiger partial charge on any atom is -0.435 e. The molecule has 4 nitrogen and oxygen atoms in total. The molecule has 152 valence electrons. The molecule has 0 spiro atoms. The van der Waals surface area contributed by atoms with Gasteiger partial charge in [0.15, 0.2) is 5.58 Å². The lowest BCUT2D eigenvalue weighted by atomic mass is 10.1. The Morgan fingerprint density at radius 2 is 1.55 bits per heavy atom. The van der Waals surface area contributed by atoms with Gasteiger partial charge in [-0.15, -0.1) is 0 Å². The highest BCUT2D eigenvalue weighted by Crippen LogP contribution is 2.50. The van der Waals surface area contributed by atoms with E-state index in [1.165, 1.54) is 0 Å². The first-order valence-corrected chi connectivity index (χ1v) is 10.4. The molecule has 1 aliphatic heterocycles. The number of pyridine rings is 1.